The second kappa shape index (κ2) is 4.74. The molecular weight excluding hydrogens is 316 g/mol. The Hall–Kier alpha value is -1.33. The molecule has 1 aliphatic rings. The average Bonchev–Trinajstić information content (AvgIpc) is 2.83. The standard InChI is InChI=1S/C13H9BrO3S/c14-9-4-7-18-13(9)11(15)8-2-1-3-10-12(8)17-6-5-16-10/h1-4,7H,5-6H2. The van der Waals surface area contributed by atoms with Crippen LogP contribution in [0.25, 0.3) is 0 Å². The van der Waals surface area contributed by atoms with E-state index in [4.69, 9.17) is 9.47 Å². The fraction of sp³-hybridized carbons (Fsp3) is 0.154. The first kappa shape index (κ1) is 11.7. The van der Waals surface area contributed by atoms with E-state index in [1.807, 2.05) is 23.6 Å². The van der Waals surface area contributed by atoms with Gasteiger partial charge >= 0.3 is 0 Å². The number of halogens is 1. The molecular formula is C13H9BrO3S. The number of para-hydroxylation sites is 1. The van der Waals surface area contributed by atoms with Gasteiger partial charge in [0, 0.05) is 4.47 Å². The number of hydrogen-bond acceptors (Lipinski definition) is 4. The number of thiophene rings is 1. The minimum Gasteiger partial charge on any atom is -0.486 e. The summed E-state index contributed by atoms with van der Waals surface area (Å²) in [5, 5.41) is 1.88. The Morgan fingerprint density at radius 1 is 1.22 bits per heavy atom. The maximum atomic E-state index is 12.4. The minimum atomic E-state index is -0.0424. The van der Waals surface area contributed by atoms with E-state index in [2.05, 4.69) is 15.9 Å². The first-order valence-electron chi connectivity index (χ1n) is 5.43. The topological polar surface area (TPSA) is 35.5 Å². The summed E-state index contributed by atoms with van der Waals surface area (Å²) in [7, 11) is 0. The van der Waals surface area contributed by atoms with E-state index in [9.17, 15) is 4.79 Å². The van der Waals surface area contributed by atoms with Crippen LogP contribution in [0, 0.1) is 0 Å². The maximum Gasteiger partial charge on any atom is 0.207 e. The summed E-state index contributed by atoms with van der Waals surface area (Å²) < 4.78 is 11.8. The Bertz CT molecular complexity index is 606. The van der Waals surface area contributed by atoms with E-state index in [1.54, 1.807) is 6.07 Å². The number of carbonyl (C=O) groups excluding carboxylic acids is 1. The van der Waals surface area contributed by atoms with Crippen molar-refractivity contribution in [2.75, 3.05) is 13.2 Å². The molecule has 2 aromatic rings. The lowest BCUT2D eigenvalue weighted by Crippen LogP contribution is -2.17. The van der Waals surface area contributed by atoms with Crippen LogP contribution < -0.4 is 9.47 Å². The molecule has 0 fully saturated rings. The van der Waals surface area contributed by atoms with Crippen molar-refractivity contribution in [1.82, 2.24) is 0 Å². The molecule has 0 N–H and O–H groups in total. The fourth-order valence-corrected chi connectivity index (χ4v) is 3.34. The monoisotopic (exact) mass is 324 g/mol. The van der Waals surface area contributed by atoms with Gasteiger partial charge in [-0.15, -0.1) is 11.3 Å². The van der Waals surface area contributed by atoms with Crippen LogP contribution in [0.1, 0.15) is 15.2 Å². The molecule has 0 unspecified atom stereocenters. The lowest BCUT2D eigenvalue weighted by molar-refractivity contribution is 0.103. The number of ketones is 1. The van der Waals surface area contributed by atoms with Crippen LogP contribution in [0.15, 0.2) is 34.1 Å². The van der Waals surface area contributed by atoms with Crippen molar-refractivity contribution < 1.29 is 14.3 Å². The van der Waals surface area contributed by atoms with Crippen LogP contribution in [0.5, 0.6) is 11.5 Å². The molecule has 0 amide bonds. The summed E-state index contributed by atoms with van der Waals surface area (Å²) in [5.74, 6) is 1.15. The molecule has 0 spiro atoms. The van der Waals surface area contributed by atoms with Gasteiger partial charge in [-0.2, -0.15) is 0 Å². The molecule has 92 valence electrons. The van der Waals surface area contributed by atoms with Gasteiger partial charge in [0.15, 0.2) is 11.5 Å². The third-order valence-corrected chi connectivity index (χ3v) is 4.47. The van der Waals surface area contributed by atoms with Gasteiger partial charge in [0.25, 0.3) is 0 Å². The number of fused-ring (bicyclic) bond motifs is 1. The number of benzene rings is 1. The van der Waals surface area contributed by atoms with Gasteiger partial charge in [0.2, 0.25) is 5.78 Å². The summed E-state index contributed by atoms with van der Waals surface area (Å²) in [6.45, 7) is 0.996. The average molecular weight is 325 g/mol. The Kier molecular flexibility index (Phi) is 3.09. The largest absolute Gasteiger partial charge is 0.486 e. The molecule has 0 radical (unpaired) electrons. The molecule has 18 heavy (non-hydrogen) atoms. The number of rotatable bonds is 2. The van der Waals surface area contributed by atoms with Crippen molar-refractivity contribution in [3.05, 3.63) is 44.6 Å². The number of hydrogen-bond donors (Lipinski definition) is 0. The quantitative estimate of drug-likeness (QED) is 0.793. The maximum absolute atomic E-state index is 12.4. The molecule has 0 atom stereocenters. The van der Waals surface area contributed by atoms with Crippen molar-refractivity contribution in [1.29, 1.82) is 0 Å². The third-order valence-electron chi connectivity index (χ3n) is 2.63. The van der Waals surface area contributed by atoms with E-state index in [0.29, 0.717) is 35.2 Å². The molecule has 0 saturated heterocycles. The first-order valence-corrected chi connectivity index (χ1v) is 7.11. The highest BCUT2D eigenvalue weighted by Crippen LogP contribution is 2.36. The zero-order chi connectivity index (χ0) is 12.5. The Balaban J connectivity index is 2.07. The van der Waals surface area contributed by atoms with Gasteiger partial charge in [-0.25, -0.2) is 0 Å². The van der Waals surface area contributed by atoms with E-state index < -0.39 is 0 Å². The highest BCUT2D eigenvalue weighted by molar-refractivity contribution is 9.10. The van der Waals surface area contributed by atoms with Crippen LogP contribution in [-0.2, 0) is 0 Å². The van der Waals surface area contributed by atoms with Gasteiger partial charge in [-0.3, -0.25) is 4.79 Å². The van der Waals surface area contributed by atoms with E-state index >= 15 is 0 Å². The van der Waals surface area contributed by atoms with Crippen molar-refractivity contribution in [3.8, 4) is 11.5 Å². The zero-order valence-corrected chi connectivity index (χ0v) is 11.7. The number of carbonyl (C=O) groups is 1. The summed E-state index contributed by atoms with van der Waals surface area (Å²) >= 11 is 4.79. The van der Waals surface area contributed by atoms with Crippen LogP contribution in [0.4, 0.5) is 0 Å². The van der Waals surface area contributed by atoms with E-state index in [-0.39, 0.29) is 5.78 Å². The normalized spacial score (nSPS) is 13.4. The smallest absolute Gasteiger partial charge is 0.207 e. The molecule has 1 aliphatic heterocycles. The molecule has 2 heterocycles. The third kappa shape index (κ3) is 1.93. The van der Waals surface area contributed by atoms with Gasteiger partial charge < -0.3 is 9.47 Å². The zero-order valence-electron chi connectivity index (χ0n) is 9.31. The molecule has 1 aromatic carbocycles. The van der Waals surface area contributed by atoms with E-state index in [0.717, 1.165) is 4.47 Å². The van der Waals surface area contributed by atoms with Crippen LogP contribution in [0.2, 0.25) is 0 Å². The summed E-state index contributed by atoms with van der Waals surface area (Å²) in [5.41, 5.74) is 0.551. The molecule has 0 saturated carbocycles. The highest BCUT2D eigenvalue weighted by atomic mass is 79.9. The van der Waals surface area contributed by atoms with Gasteiger partial charge in [0.05, 0.1) is 10.4 Å². The van der Waals surface area contributed by atoms with Gasteiger partial charge in [0.1, 0.15) is 13.2 Å². The SMILES string of the molecule is O=C(c1cccc2c1OCCO2)c1sccc1Br. The van der Waals surface area contributed by atoms with Crippen molar-refractivity contribution in [2.24, 2.45) is 0 Å². The van der Waals surface area contributed by atoms with Crippen molar-refractivity contribution >= 4 is 33.0 Å². The fourth-order valence-electron chi connectivity index (χ4n) is 1.83. The highest BCUT2D eigenvalue weighted by Gasteiger charge is 2.23. The molecule has 0 aliphatic carbocycles. The summed E-state index contributed by atoms with van der Waals surface area (Å²) in [4.78, 5) is 13.1. The van der Waals surface area contributed by atoms with Crippen molar-refractivity contribution in [3.63, 3.8) is 0 Å². The molecule has 1 aromatic heterocycles. The second-order valence-electron chi connectivity index (χ2n) is 3.76. The predicted octanol–water partition coefficient (Wildman–Crippen LogP) is 3.51. The van der Waals surface area contributed by atoms with Crippen LogP contribution in [0.3, 0.4) is 0 Å². The molecule has 0 bridgehead atoms. The van der Waals surface area contributed by atoms with E-state index in [1.165, 1.54) is 11.3 Å². The minimum absolute atomic E-state index is 0.0424. The molecule has 3 nitrogen and oxygen atoms in total. The summed E-state index contributed by atoms with van der Waals surface area (Å²) in [6, 6.07) is 7.25. The second-order valence-corrected chi connectivity index (χ2v) is 5.53. The lowest BCUT2D eigenvalue weighted by Gasteiger charge is -2.20. The number of ether oxygens (including phenoxy) is 2. The predicted molar refractivity (Wildman–Crippen MR) is 72.9 cm³/mol. The lowest BCUT2D eigenvalue weighted by atomic mass is 10.1. The Labute approximate surface area is 116 Å². The Morgan fingerprint density at radius 3 is 2.83 bits per heavy atom. The first-order chi connectivity index (χ1) is 8.77. The van der Waals surface area contributed by atoms with Crippen LogP contribution in [-0.4, -0.2) is 19.0 Å². The van der Waals surface area contributed by atoms with Gasteiger partial charge in [-0.1, -0.05) is 6.07 Å². The van der Waals surface area contributed by atoms with Gasteiger partial charge in [-0.05, 0) is 39.5 Å². The molecule has 3 rings (SSSR count). The Morgan fingerprint density at radius 2 is 2.06 bits per heavy atom. The summed E-state index contributed by atoms with van der Waals surface area (Å²) in [6.07, 6.45) is 0. The van der Waals surface area contributed by atoms with Crippen molar-refractivity contribution in [2.45, 2.75) is 0 Å². The van der Waals surface area contributed by atoms with Crippen LogP contribution >= 0.6 is 27.3 Å². The molecule has 5 heteroatoms.